The molecule has 2 rings (SSSR count). The topological polar surface area (TPSA) is 0 Å². The highest BCUT2D eigenvalue weighted by atomic mass is 19.3. The Labute approximate surface area is 127 Å². The molecule has 0 bridgehead atoms. The van der Waals surface area contributed by atoms with Crippen LogP contribution in [0.3, 0.4) is 0 Å². The number of allylic oxidation sites excluding steroid dienone is 1. The normalized spacial score (nSPS) is 19.2. The van der Waals surface area contributed by atoms with Gasteiger partial charge in [0.15, 0.2) is 0 Å². The number of alkyl halides is 2. The molecule has 0 nitrogen and oxygen atoms in total. The van der Waals surface area contributed by atoms with Crippen LogP contribution in [0.1, 0.15) is 75.3 Å². The highest BCUT2D eigenvalue weighted by Crippen LogP contribution is 2.40. The van der Waals surface area contributed by atoms with Gasteiger partial charge in [0.1, 0.15) is 0 Å². The zero-order valence-electron chi connectivity index (χ0n) is 13.0. The monoisotopic (exact) mass is 292 g/mol. The van der Waals surface area contributed by atoms with Gasteiger partial charge in [-0.1, -0.05) is 56.2 Å². The molecule has 1 fully saturated rings. The van der Waals surface area contributed by atoms with Crippen molar-refractivity contribution < 1.29 is 8.78 Å². The van der Waals surface area contributed by atoms with E-state index in [0.717, 1.165) is 6.42 Å². The molecule has 2 heteroatoms. The van der Waals surface area contributed by atoms with Crippen LogP contribution in [0.15, 0.2) is 30.3 Å². The molecule has 116 valence electrons. The molecule has 0 radical (unpaired) electrons. The standard InChI is InChI=1S/C19H26F2/c1-2-3-4-5-6-7-16-8-10-17(11-9-16)18-12-14-19(20,21)15-13-18/h6-11,18H,2-5,12-15H2,1H3. The number of halogens is 2. The molecule has 1 aromatic carbocycles. The van der Waals surface area contributed by atoms with Gasteiger partial charge in [0, 0.05) is 12.8 Å². The Kier molecular flexibility index (Phi) is 5.96. The fourth-order valence-corrected chi connectivity index (χ4v) is 2.98. The van der Waals surface area contributed by atoms with E-state index < -0.39 is 5.92 Å². The lowest BCUT2D eigenvalue weighted by molar-refractivity contribution is -0.0382. The third kappa shape index (κ3) is 5.26. The first-order chi connectivity index (χ1) is 10.1. The second kappa shape index (κ2) is 7.72. The largest absolute Gasteiger partial charge is 0.248 e. The minimum atomic E-state index is -2.43. The number of unbranched alkanes of at least 4 members (excludes halogenated alkanes) is 3. The maximum Gasteiger partial charge on any atom is 0.248 e. The third-order valence-corrected chi connectivity index (χ3v) is 4.41. The van der Waals surface area contributed by atoms with Gasteiger partial charge in [0.2, 0.25) is 5.92 Å². The highest BCUT2D eigenvalue weighted by molar-refractivity contribution is 5.49. The molecular weight excluding hydrogens is 266 g/mol. The van der Waals surface area contributed by atoms with Gasteiger partial charge in [0.05, 0.1) is 0 Å². The summed E-state index contributed by atoms with van der Waals surface area (Å²) in [5.41, 5.74) is 2.42. The number of hydrogen-bond acceptors (Lipinski definition) is 0. The quantitative estimate of drug-likeness (QED) is 0.520. The summed E-state index contributed by atoms with van der Waals surface area (Å²) < 4.78 is 26.4. The first-order valence-corrected chi connectivity index (χ1v) is 8.25. The van der Waals surface area contributed by atoms with Gasteiger partial charge >= 0.3 is 0 Å². The van der Waals surface area contributed by atoms with E-state index in [0.29, 0.717) is 18.8 Å². The fraction of sp³-hybridized carbons (Fsp3) is 0.579. The highest BCUT2D eigenvalue weighted by Gasteiger charge is 2.35. The molecular formula is C19H26F2. The Morgan fingerprint density at radius 1 is 1.10 bits per heavy atom. The summed E-state index contributed by atoms with van der Waals surface area (Å²) in [7, 11) is 0. The molecule has 0 N–H and O–H groups in total. The van der Waals surface area contributed by atoms with Crippen LogP contribution in [0.2, 0.25) is 0 Å². The van der Waals surface area contributed by atoms with E-state index in [1.807, 2.05) is 0 Å². The summed E-state index contributed by atoms with van der Waals surface area (Å²) in [6.45, 7) is 2.21. The molecule has 0 amide bonds. The average Bonchev–Trinajstić information content (AvgIpc) is 2.48. The first kappa shape index (κ1) is 16.2. The predicted octanol–water partition coefficient (Wildman–Crippen LogP) is 6.57. The van der Waals surface area contributed by atoms with Crippen molar-refractivity contribution in [3.8, 4) is 0 Å². The van der Waals surface area contributed by atoms with Crippen molar-refractivity contribution in [2.75, 3.05) is 0 Å². The Hall–Kier alpha value is -1.18. The molecule has 21 heavy (non-hydrogen) atoms. The van der Waals surface area contributed by atoms with Crippen molar-refractivity contribution in [1.82, 2.24) is 0 Å². The minimum absolute atomic E-state index is 0.0384. The van der Waals surface area contributed by atoms with Crippen LogP contribution in [0.5, 0.6) is 0 Å². The summed E-state index contributed by atoms with van der Waals surface area (Å²) in [5.74, 6) is -2.12. The second-order valence-electron chi connectivity index (χ2n) is 6.20. The van der Waals surface area contributed by atoms with Gasteiger partial charge < -0.3 is 0 Å². The average molecular weight is 292 g/mol. The molecule has 0 spiro atoms. The summed E-state index contributed by atoms with van der Waals surface area (Å²) >= 11 is 0. The van der Waals surface area contributed by atoms with E-state index >= 15 is 0 Å². The lowest BCUT2D eigenvalue weighted by atomic mass is 9.82. The van der Waals surface area contributed by atoms with Gasteiger partial charge in [-0.15, -0.1) is 0 Å². The Morgan fingerprint density at radius 2 is 1.76 bits per heavy atom. The van der Waals surface area contributed by atoms with Crippen LogP contribution in [0.25, 0.3) is 6.08 Å². The summed E-state index contributed by atoms with van der Waals surface area (Å²) in [4.78, 5) is 0. The van der Waals surface area contributed by atoms with Gasteiger partial charge in [0.25, 0.3) is 0 Å². The van der Waals surface area contributed by atoms with Crippen LogP contribution < -0.4 is 0 Å². The maximum absolute atomic E-state index is 13.2. The lowest BCUT2D eigenvalue weighted by Crippen LogP contribution is -2.23. The first-order valence-electron chi connectivity index (χ1n) is 8.25. The van der Waals surface area contributed by atoms with E-state index in [9.17, 15) is 8.78 Å². The Morgan fingerprint density at radius 3 is 2.38 bits per heavy atom. The summed E-state index contributed by atoms with van der Waals surface area (Å²) in [6.07, 6.45) is 10.6. The van der Waals surface area contributed by atoms with Crippen molar-refractivity contribution >= 4 is 6.08 Å². The zero-order valence-corrected chi connectivity index (χ0v) is 13.0. The molecule has 1 aliphatic rings. The van der Waals surface area contributed by atoms with Gasteiger partial charge in [-0.05, 0) is 42.7 Å². The lowest BCUT2D eigenvalue weighted by Gasteiger charge is -2.28. The third-order valence-electron chi connectivity index (χ3n) is 4.41. The molecule has 0 unspecified atom stereocenters. The minimum Gasteiger partial charge on any atom is -0.207 e. The Bertz CT molecular complexity index is 435. The summed E-state index contributed by atoms with van der Waals surface area (Å²) in [6, 6.07) is 8.44. The van der Waals surface area contributed by atoms with Crippen LogP contribution in [0.4, 0.5) is 8.78 Å². The maximum atomic E-state index is 13.2. The fourth-order valence-electron chi connectivity index (χ4n) is 2.98. The van der Waals surface area contributed by atoms with E-state index in [-0.39, 0.29) is 12.8 Å². The van der Waals surface area contributed by atoms with Gasteiger partial charge in [-0.25, -0.2) is 8.78 Å². The molecule has 0 heterocycles. The van der Waals surface area contributed by atoms with E-state index in [1.54, 1.807) is 0 Å². The van der Waals surface area contributed by atoms with E-state index in [2.05, 4.69) is 43.3 Å². The molecule has 0 aromatic heterocycles. The van der Waals surface area contributed by atoms with Crippen molar-refractivity contribution in [2.45, 2.75) is 70.1 Å². The number of rotatable bonds is 6. The zero-order chi connectivity index (χ0) is 15.1. The van der Waals surface area contributed by atoms with Crippen molar-refractivity contribution in [3.05, 3.63) is 41.5 Å². The molecule has 0 saturated heterocycles. The van der Waals surface area contributed by atoms with E-state index in [4.69, 9.17) is 0 Å². The predicted molar refractivity (Wildman–Crippen MR) is 85.8 cm³/mol. The van der Waals surface area contributed by atoms with Crippen LogP contribution in [0, 0.1) is 0 Å². The molecule has 0 atom stereocenters. The van der Waals surface area contributed by atoms with Gasteiger partial charge in [-0.3, -0.25) is 0 Å². The van der Waals surface area contributed by atoms with Gasteiger partial charge in [-0.2, -0.15) is 0 Å². The van der Waals surface area contributed by atoms with Crippen molar-refractivity contribution in [3.63, 3.8) is 0 Å². The second-order valence-corrected chi connectivity index (χ2v) is 6.20. The van der Waals surface area contributed by atoms with Crippen LogP contribution >= 0.6 is 0 Å². The Balaban J connectivity index is 1.84. The SMILES string of the molecule is CCCCCC=Cc1ccc(C2CCC(F)(F)CC2)cc1. The van der Waals surface area contributed by atoms with Crippen molar-refractivity contribution in [1.29, 1.82) is 0 Å². The van der Waals surface area contributed by atoms with Crippen LogP contribution in [-0.4, -0.2) is 5.92 Å². The number of hydrogen-bond donors (Lipinski definition) is 0. The van der Waals surface area contributed by atoms with Crippen molar-refractivity contribution in [2.24, 2.45) is 0 Å². The summed E-state index contributed by atoms with van der Waals surface area (Å²) in [5, 5.41) is 0. The van der Waals surface area contributed by atoms with E-state index in [1.165, 1.54) is 30.4 Å². The molecule has 1 aliphatic carbocycles. The molecule has 1 aromatic rings. The van der Waals surface area contributed by atoms with Crippen LogP contribution in [-0.2, 0) is 0 Å². The number of benzene rings is 1. The molecule has 1 saturated carbocycles. The smallest absolute Gasteiger partial charge is 0.207 e. The molecule has 0 aliphatic heterocycles.